The van der Waals surface area contributed by atoms with Gasteiger partial charge in [0.15, 0.2) is 0 Å². The first-order valence-electron chi connectivity index (χ1n) is 19.3. The second kappa shape index (κ2) is 18.2. The van der Waals surface area contributed by atoms with Crippen molar-refractivity contribution < 1.29 is 0 Å². The van der Waals surface area contributed by atoms with Gasteiger partial charge >= 0.3 is 0 Å². The second-order valence-corrected chi connectivity index (χ2v) is 16.5. The molecule has 0 spiro atoms. The van der Waals surface area contributed by atoms with Gasteiger partial charge in [-0.05, 0) is 130 Å². The number of fused-ring (bicyclic) bond motifs is 3. The fourth-order valence-electron chi connectivity index (χ4n) is 7.26. The lowest BCUT2D eigenvalue weighted by Crippen LogP contribution is -1.83. The van der Waals surface area contributed by atoms with Crippen LogP contribution in [-0.4, -0.2) is 0 Å². The molecule has 0 N–H and O–H groups in total. The number of hydrogen-bond acceptors (Lipinski definition) is 2. The summed E-state index contributed by atoms with van der Waals surface area (Å²) in [5.41, 5.74) is 2.69. The zero-order valence-corrected chi connectivity index (χ0v) is 31.3. The molecule has 2 heteroatoms. The fourth-order valence-corrected chi connectivity index (χ4v) is 9.35. The minimum Gasteiger partial charge on any atom is -0.140 e. The monoisotopic (exact) mass is 672 g/mol. The molecule has 0 nitrogen and oxygen atoms in total. The number of thiophene rings is 2. The van der Waals surface area contributed by atoms with Crippen LogP contribution < -0.4 is 0 Å². The molecule has 0 aliphatic carbocycles. The van der Waals surface area contributed by atoms with Crippen LogP contribution in [-0.2, 0) is 12.8 Å². The Kier molecular flexibility index (Phi) is 13.2. The van der Waals surface area contributed by atoms with Gasteiger partial charge in [-0.2, -0.15) is 0 Å². The van der Waals surface area contributed by atoms with E-state index in [0.29, 0.717) is 0 Å². The van der Waals surface area contributed by atoms with Gasteiger partial charge in [0, 0.05) is 19.5 Å². The minimum atomic E-state index is 1.22. The highest BCUT2D eigenvalue weighted by Crippen LogP contribution is 2.36. The van der Waals surface area contributed by atoms with E-state index in [9.17, 15) is 0 Å². The van der Waals surface area contributed by atoms with Gasteiger partial charge in [0.25, 0.3) is 0 Å². The smallest absolute Gasteiger partial charge is 0.0345 e. The molecule has 4 aromatic carbocycles. The lowest BCUT2D eigenvalue weighted by Gasteiger charge is -2.08. The van der Waals surface area contributed by atoms with Crippen molar-refractivity contribution in [2.24, 2.45) is 0 Å². The lowest BCUT2D eigenvalue weighted by molar-refractivity contribution is 0.576. The molecule has 2 heterocycles. The minimum absolute atomic E-state index is 1.22. The molecular weight excluding hydrogens is 617 g/mol. The predicted octanol–water partition coefficient (Wildman–Crippen LogP) is 16.0. The molecule has 0 fully saturated rings. The molecule has 0 radical (unpaired) electrons. The molecule has 252 valence electrons. The van der Waals surface area contributed by atoms with Crippen LogP contribution in [0.15, 0.2) is 84.9 Å². The summed E-state index contributed by atoms with van der Waals surface area (Å²) in [6, 6.07) is 33.0. The molecule has 0 amide bonds. The van der Waals surface area contributed by atoms with Crippen molar-refractivity contribution in [1.29, 1.82) is 0 Å². The first kappa shape index (κ1) is 34.9. The molecular formula is C46H56S2. The SMILES string of the molecule is CCCCCCCCCCc1ccc(-c2ccc3cc4cc5ccc(-c6ccc(CCCCCCCCCC)s6)cc5cc4cc3c2)s1. The molecule has 0 saturated carbocycles. The first-order valence-corrected chi connectivity index (χ1v) is 20.9. The molecule has 6 aromatic rings. The molecule has 0 bridgehead atoms. The van der Waals surface area contributed by atoms with Crippen molar-refractivity contribution in [2.45, 2.75) is 129 Å². The van der Waals surface area contributed by atoms with Crippen LogP contribution >= 0.6 is 22.7 Å². The van der Waals surface area contributed by atoms with Crippen LogP contribution in [0.2, 0.25) is 0 Å². The number of aryl methyl sites for hydroxylation is 2. The summed E-state index contributed by atoms with van der Waals surface area (Å²) in [5.74, 6) is 0. The zero-order chi connectivity index (χ0) is 33.0. The van der Waals surface area contributed by atoms with Gasteiger partial charge in [-0.15, -0.1) is 22.7 Å². The summed E-state index contributed by atoms with van der Waals surface area (Å²) in [6.07, 6.45) is 24.6. The summed E-state index contributed by atoms with van der Waals surface area (Å²) in [6.45, 7) is 4.59. The van der Waals surface area contributed by atoms with Crippen molar-refractivity contribution in [3.05, 3.63) is 94.7 Å². The maximum Gasteiger partial charge on any atom is 0.0345 e. The van der Waals surface area contributed by atoms with E-state index in [1.54, 1.807) is 0 Å². The second-order valence-electron chi connectivity index (χ2n) is 14.2. The van der Waals surface area contributed by atoms with Crippen LogP contribution in [0.3, 0.4) is 0 Å². The third kappa shape index (κ3) is 9.60. The third-order valence-electron chi connectivity index (χ3n) is 10.2. The highest BCUT2D eigenvalue weighted by Gasteiger charge is 2.09. The normalized spacial score (nSPS) is 11.8. The quantitative estimate of drug-likeness (QED) is 0.0559. The van der Waals surface area contributed by atoms with E-state index >= 15 is 0 Å². The molecule has 0 unspecified atom stereocenters. The van der Waals surface area contributed by atoms with Crippen LogP contribution in [0.25, 0.3) is 53.2 Å². The molecule has 0 aliphatic rings. The van der Waals surface area contributed by atoms with E-state index in [0.717, 1.165) is 0 Å². The van der Waals surface area contributed by atoms with E-state index in [4.69, 9.17) is 0 Å². The third-order valence-corrected chi connectivity index (χ3v) is 12.6. The molecule has 2 aromatic heterocycles. The zero-order valence-electron chi connectivity index (χ0n) is 29.6. The Bertz CT molecular complexity index is 1740. The van der Waals surface area contributed by atoms with Gasteiger partial charge < -0.3 is 0 Å². The Hall–Kier alpha value is -2.94. The Balaban J connectivity index is 1.09. The van der Waals surface area contributed by atoms with Crippen LogP contribution in [0.4, 0.5) is 0 Å². The van der Waals surface area contributed by atoms with E-state index in [1.165, 1.54) is 179 Å². The first-order chi connectivity index (χ1) is 23.7. The average molecular weight is 673 g/mol. The van der Waals surface area contributed by atoms with Crippen molar-refractivity contribution >= 4 is 55.0 Å². The molecule has 48 heavy (non-hydrogen) atoms. The number of unbranched alkanes of at least 4 members (excludes halogenated alkanes) is 14. The summed E-state index contributed by atoms with van der Waals surface area (Å²) >= 11 is 3.97. The Morgan fingerprint density at radius 2 is 0.688 bits per heavy atom. The molecule has 6 rings (SSSR count). The summed E-state index contributed by atoms with van der Waals surface area (Å²) in [5, 5.41) is 7.95. The van der Waals surface area contributed by atoms with Gasteiger partial charge in [-0.1, -0.05) is 128 Å². The topological polar surface area (TPSA) is 0 Å². The van der Waals surface area contributed by atoms with Gasteiger partial charge in [-0.3, -0.25) is 0 Å². The Labute approximate surface area is 298 Å². The Morgan fingerprint density at radius 1 is 0.333 bits per heavy atom. The van der Waals surface area contributed by atoms with E-state index in [2.05, 4.69) is 98.8 Å². The van der Waals surface area contributed by atoms with E-state index < -0.39 is 0 Å². The highest BCUT2D eigenvalue weighted by atomic mass is 32.1. The molecule has 0 saturated heterocycles. The van der Waals surface area contributed by atoms with Crippen molar-refractivity contribution in [3.63, 3.8) is 0 Å². The highest BCUT2D eigenvalue weighted by molar-refractivity contribution is 7.15. The van der Waals surface area contributed by atoms with Crippen LogP contribution in [0, 0.1) is 0 Å². The van der Waals surface area contributed by atoms with Crippen molar-refractivity contribution in [2.75, 3.05) is 0 Å². The largest absolute Gasteiger partial charge is 0.140 e. The molecule has 0 atom stereocenters. The maximum atomic E-state index is 2.41. The Morgan fingerprint density at radius 3 is 1.10 bits per heavy atom. The standard InChI is InChI=1S/C46H56S2/c1-3-5-7-9-11-13-15-17-19-43-25-27-45(47-43)37-23-21-35-29-41-30-36-22-24-38(32-40(36)34-42(41)33-39(35)31-37)46-28-26-44(48-46)20-18-16-14-12-10-8-6-4-2/h21-34H,3-20H2,1-2H3. The van der Waals surface area contributed by atoms with Crippen molar-refractivity contribution in [1.82, 2.24) is 0 Å². The van der Waals surface area contributed by atoms with Crippen molar-refractivity contribution in [3.8, 4) is 20.9 Å². The maximum absolute atomic E-state index is 2.41. The van der Waals surface area contributed by atoms with Gasteiger partial charge in [-0.25, -0.2) is 0 Å². The summed E-state index contributed by atoms with van der Waals surface area (Å²) in [4.78, 5) is 5.85. The van der Waals surface area contributed by atoms with Gasteiger partial charge in [0.05, 0.1) is 0 Å². The van der Waals surface area contributed by atoms with Gasteiger partial charge in [0.1, 0.15) is 0 Å². The van der Waals surface area contributed by atoms with Crippen LogP contribution in [0.1, 0.15) is 126 Å². The van der Waals surface area contributed by atoms with E-state index in [1.807, 2.05) is 22.7 Å². The van der Waals surface area contributed by atoms with E-state index in [-0.39, 0.29) is 0 Å². The number of benzene rings is 4. The van der Waals surface area contributed by atoms with Gasteiger partial charge in [0.2, 0.25) is 0 Å². The summed E-state index contributed by atoms with van der Waals surface area (Å²) in [7, 11) is 0. The lowest BCUT2D eigenvalue weighted by atomic mass is 9.97. The number of rotatable bonds is 20. The summed E-state index contributed by atoms with van der Waals surface area (Å²) < 4.78 is 0. The predicted molar refractivity (Wildman–Crippen MR) is 218 cm³/mol. The average Bonchev–Trinajstić information content (AvgIpc) is 3.79. The fraction of sp³-hybridized carbons (Fsp3) is 0.435. The van der Waals surface area contributed by atoms with Crippen LogP contribution in [0.5, 0.6) is 0 Å². The molecule has 0 aliphatic heterocycles. The number of hydrogen-bond donors (Lipinski definition) is 0.